The van der Waals surface area contributed by atoms with Crippen molar-refractivity contribution in [2.45, 2.75) is 13.0 Å². The number of esters is 1. The van der Waals surface area contributed by atoms with Crippen molar-refractivity contribution in [1.82, 2.24) is 15.1 Å². The number of hydrogen-bond acceptors (Lipinski definition) is 7. The van der Waals surface area contributed by atoms with Gasteiger partial charge in [-0.2, -0.15) is 0 Å². The fraction of sp³-hybridized carbons (Fsp3) is 0.562. The lowest BCUT2D eigenvalue weighted by Crippen LogP contribution is -2.56. The maximum atomic E-state index is 12.6. The maximum Gasteiger partial charge on any atom is 0.321 e. The van der Waals surface area contributed by atoms with Crippen LogP contribution >= 0.6 is 11.3 Å². The summed E-state index contributed by atoms with van der Waals surface area (Å²) < 4.78 is 5.09. The Hall–Kier alpha value is -1.93. The van der Waals surface area contributed by atoms with Crippen LogP contribution in [0.3, 0.4) is 0 Å². The number of likely N-dealkylation sites (N-methyl/N-ethyl adjacent to an activating group) is 1. The zero-order chi connectivity index (χ0) is 17.1. The SMILES string of the molecule is CCOC(=O)[C@@H]1C(=O)NC(N2CCN(C)CC2)=N[C@@H]1c1cccs1. The molecule has 2 atom stereocenters. The Kier molecular flexibility index (Phi) is 5.15. The predicted molar refractivity (Wildman–Crippen MR) is 91.8 cm³/mol. The highest BCUT2D eigenvalue weighted by Crippen LogP contribution is 2.33. The van der Waals surface area contributed by atoms with Gasteiger partial charge in [-0.3, -0.25) is 14.9 Å². The molecule has 0 aromatic carbocycles. The number of nitrogens with one attached hydrogen (secondary N) is 1. The lowest BCUT2D eigenvalue weighted by atomic mass is 9.96. The summed E-state index contributed by atoms with van der Waals surface area (Å²) in [6, 6.07) is 3.29. The maximum absolute atomic E-state index is 12.6. The van der Waals surface area contributed by atoms with Gasteiger partial charge < -0.3 is 14.5 Å². The van der Waals surface area contributed by atoms with Gasteiger partial charge in [0.25, 0.3) is 0 Å². The number of rotatable bonds is 3. The first kappa shape index (κ1) is 16.9. The number of amides is 1. The standard InChI is InChI=1S/C16H22N4O3S/c1-3-23-15(22)12-13(11-5-4-10-24-11)17-16(18-14(12)21)20-8-6-19(2)7-9-20/h4-5,10,12-13H,3,6-9H2,1-2H3,(H,17,18,21)/t12-,13+/m0/s1. The first-order chi connectivity index (χ1) is 11.6. The van der Waals surface area contributed by atoms with Crippen molar-refractivity contribution in [3.05, 3.63) is 22.4 Å². The first-order valence-electron chi connectivity index (χ1n) is 8.12. The molecule has 24 heavy (non-hydrogen) atoms. The van der Waals surface area contributed by atoms with Crippen LogP contribution in [0.1, 0.15) is 17.8 Å². The van der Waals surface area contributed by atoms with Crippen molar-refractivity contribution in [3.63, 3.8) is 0 Å². The normalized spacial score (nSPS) is 25.2. The second kappa shape index (κ2) is 7.31. The molecule has 1 fully saturated rings. The van der Waals surface area contributed by atoms with Crippen molar-refractivity contribution in [2.24, 2.45) is 10.9 Å². The van der Waals surface area contributed by atoms with Gasteiger partial charge in [0, 0.05) is 31.1 Å². The van der Waals surface area contributed by atoms with Crippen molar-refractivity contribution < 1.29 is 14.3 Å². The van der Waals surface area contributed by atoms with Gasteiger partial charge in [0.1, 0.15) is 6.04 Å². The molecule has 130 valence electrons. The molecule has 1 saturated heterocycles. The van der Waals surface area contributed by atoms with E-state index in [1.54, 1.807) is 6.92 Å². The molecule has 2 aliphatic heterocycles. The van der Waals surface area contributed by atoms with Crippen LogP contribution in [-0.2, 0) is 14.3 Å². The monoisotopic (exact) mass is 350 g/mol. The molecule has 0 spiro atoms. The Balaban J connectivity index is 1.88. The highest BCUT2D eigenvalue weighted by atomic mass is 32.1. The summed E-state index contributed by atoms with van der Waals surface area (Å²) in [6.45, 7) is 5.42. The van der Waals surface area contributed by atoms with Crippen LogP contribution in [0.15, 0.2) is 22.5 Å². The van der Waals surface area contributed by atoms with Crippen LogP contribution in [0, 0.1) is 5.92 Å². The van der Waals surface area contributed by atoms with Crippen LogP contribution < -0.4 is 5.32 Å². The zero-order valence-corrected chi connectivity index (χ0v) is 14.7. The third-order valence-electron chi connectivity index (χ3n) is 4.27. The highest BCUT2D eigenvalue weighted by Gasteiger charge is 2.42. The largest absolute Gasteiger partial charge is 0.465 e. The number of guanidine groups is 1. The van der Waals surface area contributed by atoms with Gasteiger partial charge in [0.05, 0.1) is 6.61 Å². The topological polar surface area (TPSA) is 74.2 Å². The van der Waals surface area contributed by atoms with Crippen LogP contribution in [0.25, 0.3) is 0 Å². The zero-order valence-electron chi connectivity index (χ0n) is 13.9. The highest BCUT2D eigenvalue weighted by molar-refractivity contribution is 7.10. The van der Waals surface area contributed by atoms with Gasteiger partial charge in [0.15, 0.2) is 5.92 Å². The minimum Gasteiger partial charge on any atom is -0.465 e. The van der Waals surface area contributed by atoms with Gasteiger partial charge in [-0.1, -0.05) is 6.07 Å². The van der Waals surface area contributed by atoms with E-state index in [1.807, 2.05) is 17.5 Å². The first-order valence-corrected chi connectivity index (χ1v) is 9.00. The van der Waals surface area contributed by atoms with E-state index in [2.05, 4.69) is 22.2 Å². The van der Waals surface area contributed by atoms with E-state index in [1.165, 1.54) is 11.3 Å². The quantitative estimate of drug-likeness (QED) is 0.642. The van der Waals surface area contributed by atoms with Gasteiger partial charge in [-0.15, -0.1) is 11.3 Å². The molecule has 1 N–H and O–H groups in total. The van der Waals surface area contributed by atoms with E-state index in [-0.39, 0.29) is 12.5 Å². The van der Waals surface area contributed by atoms with Crippen molar-refractivity contribution in [1.29, 1.82) is 0 Å². The predicted octanol–water partition coefficient (Wildman–Crippen LogP) is 0.702. The Morgan fingerprint density at radius 3 is 2.79 bits per heavy atom. The smallest absolute Gasteiger partial charge is 0.321 e. The molecule has 3 heterocycles. The average molecular weight is 350 g/mol. The van der Waals surface area contributed by atoms with E-state index in [0.29, 0.717) is 5.96 Å². The molecule has 0 aliphatic carbocycles. The van der Waals surface area contributed by atoms with Crippen LogP contribution in [0.4, 0.5) is 0 Å². The molecular weight excluding hydrogens is 328 g/mol. The summed E-state index contributed by atoms with van der Waals surface area (Å²) in [5.74, 6) is -1.22. The second-order valence-corrected chi connectivity index (χ2v) is 6.90. The molecule has 2 aliphatic rings. The van der Waals surface area contributed by atoms with E-state index < -0.39 is 17.9 Å². The minimum absolute atomic E-state index is 0.245. The molecule has 0 saturated carbocycles. The lowest BCUT2D eigenvalue weighted by Gasteiger charge is -2.37. The second-order valence-electron chi connectivity index (χ2n) is 5.92. The third-order valence-corrected chi connectivity index (χ3v) is 5.22. The minimum atomic E-state index is -0.931. The van der Waals surface area contributed by atoms with Gasteiger partial charge >= 0.3 is 5.97 Å². The van der Waals surface area contributed by atoms with Crippen molar-refractivity contribution in [3.8, 4) is 0 Å². The molecule has 0 unspecified atom stereocenters. The van der Waals surface area contributed by atoms with Crippen LogP contribution in [0.5, 0.6) is 0 Å². The van der Waals surface area contributed by atoms with Crippen molar-refractivity contribution >= 4 is 29.2 Å². The summed E-state index contributed by atoms with van der Waals surface area (Å²) in [4.78, 5) is 34.8. The number of aliphatic imine (C=N–C) groups is 1. The molecule has 3 rings (SSSR count). The summed E-state index contributed by atoms with van der Waals surface area (Å²) >= 11 is 1.50. The molecule has 7 nitrogen and oxygen atoms in total. The van der Waals surface area contributed by atoms with Gasteiger partial charge in [0.2, 0.25) is 11.9 Å². The number of ether oxygens (including phenoxy) is 1. The Morgan fingerprint density at radius 1 is 1.42 bits per heavy atom. The Bertz CT molecular complexity index is 623. The lowest BCUT2D eigenvalue weighted by molar-refractivity contribution is -0.153. The number of hydrogen-bond donors (Lipinski definition) is 1. The van der Waals surface area contributed by atoms with E-state index >= 15 is 0 Å². The number of thiophene rings is 1. The average Bonchev–Trinajstić information content (AvgIpc) is 3.09. The number of nitrogens with zero attached hydrogens (tertiary/aromatic N) is 3. The van der Waals surface area contributed by atoms with Gasteiger partial charge in [-0.05, 0) is 25.4 Å². The fourth-order valence-electron chi connectivity index (χ4n) is 2.90. The summed E-state index contributed by atoms with van der Waals surface area (Å²) in [5.41, 5.74) is 0. The molecule has 1 aromatic rings. The van der Waals surface area contributed by atoms with E-state index in [9.17, 15) is 9.59 Å². The van der Waals surface area contributed by atoms with Crippen molar-refractivity contribution in [2.75, 3.05) is 39.8 Å². The molecular formula is C16H22N4O3S. The van der Waals surface area contributed by atoms with Crippen LogP contribution in [-0.4, -0.2) is 67.5 Å². The molecule has 0 bridgehead atoms. The molecule has 8 heteroatoms. The van der Waals surface area contributed by atoms with Gasteiger partial charge in [-0.25, -0.2) is 4.99 Å². The number of carbonyl (C=O) groups excluding carboxylic acids is 2. The fourth-order valence-corrected chi connectivity index (χ4v) is 3.70. The summed E-state index contributed by atoms with van der Waals surface area (Å²) in [5, 5.41) is 4.73. The molecule has 1 aromatic heterocycles. The molecule has 1 amide bonds. The number of carbonyl (C=O) groups is 2. The Labute approximate surface area is 145 Å². The summed E-state index contributed by atoms with van der Waals surface area (Å²) in [6.07, 6.45) is 0. The Morgan fingerprint density at radius 2 is 2.17 bits per heavy atom. The van der Waals surface area contributed by atoms with E-state index in [4.69, 9.17) is 9.73 Å². The molecule has 0 radical (unpaired) electrons. The number of piperazine rings is 1. The van der Waals surface area contributed by atoms with E-state index in [0.717, 1.165) is 31.1 Å². The third kappa shape index (κ3) is 3.44. The van der Waals surface area contributed by atoms with Crippen LogP contribution in [0.2, 0.25) is 0 Å². The summed E-state index contributed by atoms with van der Waals surface area (Å²) in [7, 11) is 2.07.